The van der Waals surface area contributed by atoms with E-state index in [9.17, 15) is 9.90 Å². The molecule has 2 heterocycles. The lowest BCUT2D eigenvalue weighted by atomic mass is 9.83. The average Bonchev–Trinajstić information content (AvgIpc) is 3.21. The summed E-state index contributed by atoms with van der Waals surface area (Å²) in [5.74, 6) is -0.156. The summed E-state index contributed by atoms with van der Waals surface area (Å²) in [5.41, 5.74) is 3.31. The molecule has 1 aliphatic rings. The molecule has 1 unspecified atom stereocenters. The van der Waals surface area contributed by atoms with E-state index in [1.54, 1.807) is 22.9 Å². The van der Waals surface area contributed by atoms with Crippen LogP contribution in [0.25, 0.3) is 10.2 Å². The standard InChI is InChI=1S/C17H16N2O2S2/c20-16(11-3-4-13-15(8-11)23-10-19-13)18-9-17(21)6-1-2-14-12(17)5-7-22-14/h3-5,7-8,10,21H,1-2,6,9H2,(H,18,20). The van der Waals surface area contributed by atoms with Gasteiger partial charge in [-0.2, -0.15) is 0 Å². The smallest absolute Gasteiger partial charge is 0.251 e. The Bertz CT molecular complexity index is 870. The molecule has 3 aromatic rings. The van der Waals surface area contributed by atoms with Gasteiger partial charge in [0.2, 0.25) is 0 Å². The van der Waals surface area contributed by atoms with Crippen LogP contribution in [0.5, 0.6) is 0 Å². The quantitative estimate of drug-likeness (QED) is 0.766. The van der Waals surface area contributed by atoms with Crippen molar-refractivity contribution in [2.45, 2.75) is 24.9 Å². The molecule has 0 bridgehead atoms. The van der Waals surface area contributed by atoms with E-state index in [0.29, 0.717) is 12.0 Å². The van der Waals surface area contributed by atoms with Gasteiger partial charge in [-0.1, -0.05) is 0 Å². The van der Waals surface area contributed by atoms with Crippen LogP contribution in [0.2, 0.25) is 0 Å². The number of rotatable bonds is 3. The molecule has 1 aliphatic carbocycles. The first-order chi connectivity index (χ1) is 11.2. The zero-order valence-corrected chi connectivity index (χ0v) is 14.0. The van der Waals surface area contributed by atoms with Gasteiger partial charge in [-0.15, -0.1) is 22.7 Å². The van der Waals surface area contributed by atoms with Gasteiger partial charge in [0.1, 0.15) is 5.60 Å². The minimum Gasteiger partial charge on any atom is -0.383 e. The highest BCUT2D eigenvalue weighted by atomic mass is 32.1. The van der Waals surface area contributed by atoms with Crippen molar-refractivity contribution in [3.63, 3.8) is 0 Å². The number of benzene rings is 1. The molecule has 0 fully saturated rings. The van der Waals surface area contributed by atoms with Gasteiger partial charge < -0.3 is 10.4 Å². The van der Waals surface area contributed by atoms with Crippen molar-refractivity contribution in [1.29, 1.82) is 0 Å². The van der Waals surface area contributed by atoms with Gasteiger partial charge in [-0.3, -0.25) is 4.79 Å². The van der Waals surface area contributed by atoms with Crippen LogP contribution < -0.4 is 5.32 Å². The van der Waals surface area contributed by atoms with E-state index in [1.807, 2.05) is 23.6 Å². The molecule has 0 aliphatic heterocycles. The summed E-state index contributed by atoms with van der Waals surface area (Å²) in [6.45, 7) is 0.246. The number of fused-ring (bicyclic) bond motifs is 2. The van der Waals surface area contributed by atoms with E-state index >= 15 is 0 Å². The number of hydrogen-bond donors (Lipinski definition) is 2. The number of aliphatic hydroxyl groups is 1. The van der Waals surface area contributed by atoms with Gasteiger partial charge in [0.05, 0.1) is 22.3 Å². The molecule has 1 atom stereocenters. The van der Waals surface area contributed by atoms with Crippen LogP contribution in [0.1, 0.15) is 33.6 Å². The molecule has 2 aromatic heterocycles. The Morgan fingerprint density at radius 1 is 1.35 bits per heavy atom. The molecule has 0 spiro atoms. The molecule has 4 rings (SSSR count). The van der Waals surface area contributed by atoms with Crippen LogP contribution in [0, 0.1) is 0 Å². The fourth-order valence-corrected chi connectivity index (χ4v) is 4.87. The van der Waals surface area contributed by atoms with Crippen LogP contribution in [0.4, 0.5) is 0 Å². The lowest BCUT2D eigenvalue weighted by Crippen LogP contribution is -2.42. The van der Waals surface area contributed by atoms with Crippen molar-refractivity contribution in [3.8, 4) is 0 Å². The van der Waals surface area contributed by atoms with E-state index < -0.39 is 5.60 Å². The highest BCUT2D eigenvalue weighted by molar-refractivity contribution is 7.16. The monoisotopic (exact) mass is 344 g/mol. The number of carbonyl (C=O) groups excluding carboxylic acids is 1. The number of thiophene rings is 1. The summed E-state index contributed by atoms with van der Waals surface area (Å²) in [7, 11) is 0. The van der Waals surface area contributed by atoms with Crippen LogP contribution in [0.15, 0.2) is 35.2 Å². The maximum Gasteiger partial charge on any atom is 0.251 e. The molecule has 23 heavy (non-hydrogen) atoms. The van der Waals surface area contributed by atoms with E-state index in [1.165, 1.54) is 16.2 Å². The summed E-state index contributed by atoms with van der Waals surface area (Å²) >= 11 is 3.20. The first-order valence-corrected chi connectivity index (χ1v) is 9.32. The third-order valence-electron chi connectivity index (χ3n) is 4.38. The molecule has 1 aromatic carbocycles. The van der Waals surface area contributed by atoms with Gasteiger partial charge in [-0.25, -0.2) is 4.98 Å². The van der Waals surface area contributed by atoms with Crippen molar-refractivity contribution >= 4 is 38.8 Å². The fraction of sp³-hybridized carbons (Fsp3) is 0.294. The summed E-state index contributed by atoms with van der Waals surface area (Å²) in [6, 6.07) is 7.46. The molecule has 1 amide bonds. The average molecular weight is 344 g/mol. The van der Waals surface area contributed by atoms with E-state index in [0.717, 1.165) is 28.6 Å². The van der Waals surface area contributed by atoms with Crippen molar-refractivity contribution < 1.29 is 9.90 Å². The molecular weight excluding hydrogens is 328 g/mol. The fourth-order valence-electron chi connectivity index (χ4n) is 3.13. The summed E-state index contributed by atoms with van der Waals surface area (Å²) in [6.07, 6.45) is 2.66. The summed E-state index contributed by atoms with van der Waals surface area (Å²) < 4.78 is 0.995. The van der Waals surface area contributed by atoms with Crippen molar-refractivity contribution in [1.82, 2.24) is 10.3 Å². The van der Waals surface area contributed by atoms with E-state index in [2.05, 4.69) is 10.3 Å². The van der Waals surface area contributed by atoms with Crippen molar-refractivity contribution in [2.75, 3.05) is 6.54 Å². The number of amides is 1. The van der Waals surface area contributed by atoms with Crippen molar-refractivity contribution in [3.05, 3.63) is 51.2 Å². The summed E-state index contributed by atoms with van der Waals surface area (Å²) in [4.78, 5) is 17.9. The Morgan fingerprint density at radius 3 is 3.17 bits per heavy atom. The number of hydrogen-bond acceptors (Lipinski definition) is 5. The minimum absolute atomic E-state index is 0.156. The van der Waals surface area contributed by atoms with E-state index in [-0.39, 0.29) is 12.5 Å². The van der Waals surface area contributed by atoms with Crippen LogP contribution in [-0.2, 0) is 12.0 Å². The molecule has 0 saturated heterocycles. The predicted molar refractivity (Wildman–Crippen MR) is 93.1 cm³/mol. The second-order valence-electron chi connectivity index (χ2n) is 5.86. The Kier molecular flexibility index (Phi) is 3.67. The maximum atomic E-state index is 12.4. The van der Waals surface area contributed by atoms with Gasteiger partial charge in [0.15, 0.2) is 0 Å². The largest absolute Gasteiger partial charge is 0.383 e. The SMILES string of the molecule is O=C(NCC1(O)CCCc2sccc21)c1ccc2ncsc2c1. The molecule has 0 radical (unpaired) electrons. The Morgan fingerprint density at radius 2 is 2.26 bits per heavy atom. The topological polar surface area (TPSA) is 62.2 Å². The Labute approximate surface area is 141 Å². The lowest BCUT2D eigenvalue weighted by molar-refractivity contribution is 0.0197. The van der Waals surface area contributed by atoms with E-state index in [4.69, 9.17) is 0 Å². The first-order valence-electron chi connectivity index (χ1n) is 7.56. The van der Waals surface area contributed by atoms with Gasteiger partial charge in [0.25, 0.3) is 5.91 Å². The number of thiazole rings is 1. The number of nitrogens with one attached hydrogen (secondary N) is 1. The zero-order chi connectivity index (χ0) is 15.9. The highest BCUT2D eigenvalue weighted by Crippen LogP contribution is 2.37. The van der Waals surface area contributed by atoms with Crippen LogP contribution in [0.3, 0.4) is 0 Å². The molecule has 0 saturated carbocycles. The zero-order valence-electron chi connectivity index (χ0n) is 12.4. The predicted octanol–water partition coefficient (Wildman–Crippen LogP) is 3.31. The first kappa shape index (κ1) is 14.8. The molecule has 118 valence electrons. The minimum atomic E-state index is -0.947. The highest BCUT2D eigenvalue weighted by Gasteiger charge is 2.35. The number of nitrogens with zero attached hydrogens (tertiary/aromatic N) is 1. The third-order valence-corrected chi connectivity index (χ3v) is 6.15. The van der Waals surface area contributed by atoms with Crippen LogP contribution >= 0.6 is 22.7 Å². The van der Waals surface area contributed by atoms with Gasteiger partial charge in [-0.05, 0) is 54.5 Å². The normalized spacial score (nSPS) is 20.4. The van der Waals surface area contributed by atoms with Gasteiger partial charge in [0, 0.05) is 10.4 Å². The molecular formula is C17H16N2O2S2. The molecule has 4 nitrogen and oxygen atoms in total. The second-order valence-corrected chi connectivity index (χ2v) is 7.75. The van der Waals surface area contributed by atoms with Crippen LogP contribution in [-0.4, -0.2) is 22.5 Å². The Hall–Kier alpha value is -1.76. The lowest BCUT2D eigenvalue weighted by Gasteiger charge is -2.32. The Balaban J connectivity index is 1.51. The summed E-state index contributed by atoms with van der Waals surface area (Å²) in [5, 5.41) is 15.8. The third kappa shape index (κ3) is 2.67. The number of aryl methyl sites for hydroxylation is 1. The molecule has 6 heteroatoms. The number of carbonyl (C=O) groups is 1. The number of aromatic nitrogens is 1. The molecule has 2 N–H and O–H groups in total. The maximum absolute atomic E-state index is 12.4. The van der Waals surface area contributed by atoms with Gasteiger partial charge >= 0.3 is 0 Å². The second kappa shape index (κ2) is 5.70. The van der Waals surface area contributed by atoms with Crippen molar-refractivity contribution in [2.24, 2.45) is 0 Å².